The zero-order valence-electron chi connectivity index (χ0n) is 17.6. The second kappa shape index (κ2) is 8.34. The van der Waals surface area contributed by atoms with Crippen molar-refractivity contribution in [3.63, 3.8) is 0 Å². The third kappa shape index (κ3) is 3.60. The predicted molar refractivity (Wildman–Crippen MR) is 115 cm³/mol. The van der Waals surface area contributed by atoms with Crippen LogP contribution < -0.4 is 4.74 Å². The van der Waals surface area contributed by atoms with E-state index in [1.165, 1.54) is 6.42 Å². The van der Waals surface area contributed by atoms with E-state index in [0.717, 1.165) is 48.5 Å². The molecule has 1 fully saturated rings. The van der Waals surface area contributed by atoms with Crippen molar-refractivity contribution in [1.82, 2.24) is 24.9 Å². The number of hydrogen-bond acceptors (Lipinski definition) is 6. The molecule has 0 aliphatic heterocycles. The van der Waals surface area contributed by atoms with E-state index in [-0.39, 0.29) is 5.41 Å². The van der Waals surface area contributed by atoms with E-state index in [1.54, 1.807) is 13.4 Å². The van der Waals surface area contributed by atoms with E-state index < -0.39 is 0 Å². The van der Waals surface area contributed by atoms with Gasteiger partial charge in [-0.2, -0.15) is 4.98 Å². The highest BCUT2D eigenvalue weighted by atomic mass is 16.5. The van der Waals surface area contributed by atoms with Crippen LogP contribution in [0.5, 0.6) is 5.75 Å². The van der Waals surface area contributed by atoms with Crippen LogP contribution in [-0.2, 0) is 11.8 Å². The highest BCUT2D eigenvalue weighted by molar-refractivity contribution is 5.44. The summed E-state index contributed by atoms with van der Waals surface area (Å²) < 4.78 is 13.5. The lowest BCUT2D eigenvalue weighted by molar-refractivity contribution is 0.244. The molecule has 1 aliphatic carbocycles. The maximum absolute atomic E-state index is 5.88. The summed E-state index contributed by atoms with van der Waals surface area (Å²) in [4.78, 5) is 4.85. The van der Waals surface area contributed by atoms with Gasteiger partial charge in [0.25, 0.3) is 0 Å². The van der Waals surface area contributed by atoms with E-state index in [1.807, 2.05) is 53.1 Å². The average molecular weight is 415 g/mol. The number of rotatable bonds is 6. The zero-order valence-corrected chi connectivity index (χ0v) is 17.6. The molecule has 2 heterocycles. The Morgan fingerprint density at radius 2 is 1.77 bits per heavy atom. The quantitative estimate of drug-likeness (QED) is 0.461. The fourth-order valence-corrected chi connectivity index (χ4v) is 4.64. The van der Waals surface area contributed by atoms with Gasteiger partial charge in [-0.3, -0.25) is 4.57 Å². The van der Waals surface area contributed by atoms with Crippen molar-refractivity contribution in [3.8, 4) is 11.4 Å². The minimum Gasteiger partial charge on any atom is -0.496 e. The first-order chi connectivity index (χ1) is 15.3. The fraction of sp³-hybridized carbons (Fsp3) is 0.333. The monoisotopic (exact) mass is 415 g/mol. The molecular formula is C24H25N5O2. The zero-order chi connectivity index (χ0) is 21.1. The van der Waals surface area contributed by atoms with Gasteiger partial charge in [-0.25, -0.2) is 0 Å². The SMILES string of the molecule is COc1ccccc1C1(c2nc(Cc3nncn3-c3ccccc3)no2)CCCCC1. The van der Waals surface area contributed by atoms with Crippen LogP contribution >= 0.6 is 0 Å². The van der Waals surface area contributed by atoms with Gasteiger partial charge < -0.3 is 9.26 Å². The molecular weight excluding hydrogens is 390 g/mol. The highest BCUT2D eigenvalue weighted by Gasteiger charge is 2.42. The van der Waals surface area contributed by atoms with E-state index in [2.05, 4.69) is 21.4 Å². The van der Waals surface area contributed by atoms with Crippen molar-refractivity contribution < 1.29 is 9.26 Å². The van der Waals surface area contributed by atoms with E-state index in [0.29, 0.717) is 18.1 Å². The van der Waals surface area contributed by atoms with Gasteiger partial charge in [0, 0.05) is 11.3 Å². The number of para-hydroxylation sites is 2. The summed E-state index contributed by atoms with van der Waals surface area (Å²) in [6.45, 7) is 0. The number of hydrogen-bond donors (Lipinski definition) is 0. The van der Waals surface area contributed by atoms with Gasteiger partial charge >= 0.3 is 0 Å². The van der Waals surface area contributed by atoms with Gasteiger partial charge in [0.2, 0.25) is 5.89 Å². The number of aromatic nitrogens is 5. The Balaban J connectivity index is 1.49. The first kappa shape index (κ1) is 19.5. The van der Waals surface area contributed by atoms with Gasteiger partial charge in [0.1, 0.15) is 17.9 Å². The third-order valence-corrected chi connectivity index (χ3v) is 6.18. The topological polar surface area (TPSA) is 78.9 Å². The van der Waals surface area contributed by atoms with Gasteiger partial charge in [0.15, 0.2) is 5.82 Å². The molecule has 0 bridgehead atoms. The fourth-order valence-electron chi connectivity index (χ4n) is 4.64. The van der Waals surface area contributed by atoms with Crippen molar-refractivity contribution in [2.75, 3.05) is 7.11 Å². The van der Waals surface area contributed by atoms with Crippen LogP contribution in [0.2, 0.25) is 0 Å². The smallest absolute Gasteiger partial charge is 0.237 e. The molecule has 0 unspecified atom stereocenters. The van der Waals surface area contributed by atoms with Gasteiger partial charge in [-0.1, -0.05) is 60.8 Å². The second-order valence-corrected chi connectivity index (χ2v) is 7.99. The molecule has 7 nitrogen and oxygen atoms in total. The van der Waals surface area contributed by atoms with Crippen molar-refractivity contribution in [2.45, 2.75) is 43.9 Å². The van der Waals surface area contributed by atoms with Gasteiger partial charge in [0.05, 0.1) is 18.9 Å². The van der Waals surface area contributed by atoms with E-state index >= 15 is 0 Å². The lowest BCUT2D eigenvalue weighted by Crippen LogP contribution is -2.31. The van der Waals surface area contributed by atoms with Crippen LogP contribution in [0.1, 0.15) is 55.2 Å². The van der Waals surface area contributed by atoms with Crippen LogP contribution in [0.25, 0.3) is 5.69 Å². The molecule has 0 saturated heterocycles. The lowest BCUT2D eigenvalue weighted by Gasteiger charge is -2.35. The summed E-state index contributed by atoms with van der Waals surface area (Å²) in [5, 5.41) is 12.7. The molecule has 0 spiro atoms. The Hall–Kier alpha value is -3.48. The Morgan fingerprint density at radius 3 is 2.58 bits per heavy atom. The van der Waals surface area contributed by atoms with Crippen LogP contribution in [0.3, 0.4) is 0 Å². The van der Waals surface area contributed by atoms with Crippen LogP contribution in [0.4, 0.5) is 0 Å². The number of nitrogens with zero attached hydrogens (tertiary/aromatic N) is 5. The normalized spacial score (nSPS) is 15.6. The summed E-state index contributed by atoms with van der Waals surface area (Å²) in [6.07, 6.45) is 7.56. The third-order valence-electron chi connectivity index (χ3n) is 6.18. The van der Waals surface area contributed by atoms with Crippen molar-refractivity contribution >= 4 is 0 Å². The van der Waals surface area contributed by atoms with E-state index in [9.17, 15) is 0 Å². The van der Waals surface area contributed by atoms with Gasteiger partial charge in [-0.15, -0.1) is 10.2 Å². The molecule has 7 heteroatoms. The first-order valence-corrected chi connectivity index (χ1v) is 10.7. The predicted octanol–water partition coefficient (Wildman–Crippen LogP) is 4.50. The molecule has 31 heavy (non-hydrogen) atoms. The molecule has 1 saturated carbocycles. The van der Waals surface area contributed by atoms with E-state index in [4.69, 9.17) is 14.2 Å². The summed E-state index contributed by atoms with van der Waals surface area (Å²) in [5.41, 5.74) is 1.81. The lowest BCUT2D eigenvalue weighted by atomic mass is 9.69. The summed E-state index contributed by atoms with van der Waals surface area (Å²) in [5.74, 6) is 2.92. The highest BCUT2D eigenvalue weighted by Crippen LogP contribution is 2.47. The maximum Gasteiger partial charge on any atom is 0.237 e. The van der Waals surface area contributed by atoms with Crippen molar-refractivity contribution in [3.05, 3.63) is 84.0 Å². The van der Waals surface area contributed by atoms with Gasteiger partial charge in [-0.05, 0) is 31.0 Å². The molecule has 2 aromatic heterocycles. The first-order valence-electron chi connectivity index (χ1n) is 10.7. The molecule has 5 rings (SSSR count). The molecule has 4 aromatic rings. The summed E-state index contributed by atoms with van der Waals surface area (Å²) >= 11 is 0. The average Bonchev–Trinajstić information content (AvgIpc) is 3.50. The van der Waals surface area contributed by atoms with Crippen molar-refractivity contribution in [1.29, 1.82) is 0 Å². The molecule has 158 valence electrons. The van der Waals surface area contributed by atoms with Crippen molar-refractivity contribution in [2.24, 2.45) is 0 Å². The molecule has 0 radical (unpaired) electrons. The van der Waals surface area contributed by atoms with Crippen LogP contribution in [0.15, 0.2) is 65.4 Å². The minimum absolute atomic E-state index is 0.316. The number of methoxy groups -OCH3 is 1. The van der Waals surface area contributed by atoms with Crippen LogP contribution in [0, 0.1) is 0 Å². The number of ether oxygens (including phenoxy) is 1. The largest absolute Gasteiger partial charge is 0.496 e. The molecule has 0 amide bonds. The second-order valence-electron chi connectivity index (χ2n) is 7.99. The molecule has 2 aromatic carbocycles. The molecule has 0 atom stereocenters. The Morgan fingerprint density at radius 1 is 1.00 bits per heavy atom. The number of benzene rings is 2. The maximum atomic E-state index is 5.88. The Bertz CT molecular complexity index is 1150. The van der Waals surface area contributed by atoms with Crippen LogP contribution in [-0.4, -0.2) is 32.0 Å². The molecule has 1 aliphatic rings. The summed E-state index contributed by atoms with van der Waals surface area (Å²) in [6, 6.07) is 18.2. The summed E-state index contributed by atoms with van der Waals surface area (Å²) in [7, 11) is 1.71. The molecule has 0 N–H and O–H groups in total. The Labute approximate surface area is 181 Å². The standard InChI is InChI=1S/C24H25N5O2/c1-30-20-13-7-6-12-19(20)24(14-8-3-9-15-24)23-26-21(28-31-23)16-22-27-25-17-29(22)18-10-4-2-5-11-18/h2,4-7,10-13,17H,3,8-9,14-16H2,1H3. The Kier molecular flexibility index (Phi) is 5.24. The minimum atomic E-state index is -0.316.